The molecule has 2 rings (SSSR count). The zero-order valence-electron chi connectivity index (χ0n) is 9.22. The van der Waals surface area contributed by atoms with Gasteiger partial charge in [0.25, 0.3) is 0 Å². The molecule has 0 aliphatic heterocycles. The summed E-state index contributed by atoms with van der Waals surface area (Å²) in [6.07, 6.45) is 1.02. The van der Waals surface area contributed by atoms with Crippen molar-refractivity contribution in [3.63, 3.8) is 0 Å². The Kier molecular flexibility index (Phi) is 3.84. The molecule has 6 heteroatoms. The van der Waals surface area contributed by atoms with Crippen LogP contribution in [0.5, 0.6) is 5.75 Å². The van der Waals surface area contributed by atoms with E-state index in [1.807, 2.05) is 0 Å². The van der Waals surface area contributed by atoms with E-state index in [2.05, 4.69) is 0 Å². The highest BCUT2D eigenvalue weighted by atomic mass is 35.5. The van der Waals surface area contributed by atoms with E-state index in [0.29, 0.717) is 22.2 Å². The monoisotopic (exact) mass is 283 g/mol. The summed E-state index contributed by atoms with van der Waals surface area (Å²) in [5.41, 5.74) is 5.91. The molecule has 3 N–H and O–H groups in total. The Hall–Kier alpha value is -1.59. The molecule has 0 bridgehead atoms. The number of aromatic hydroxyl groups is 1. The lowest BCUT2D eigenvalue weighted by Crippen LogP contribution is -1.99. The number of benzene rings is 1. The fourth-order valence-electron chi connectivity index (χ4n) is 1.34. The first-order valence-electron chi connectivity index (χ1n) is 5.05. The average molecular weight is 284 g/mol. The van der Waals surface area contributed by atoms with Crippen LogP contribution in [0.3, 0.4) is 0 Å². The Balaban J connectivity index is 2.16. The molecule has 0 radical (unpaired) electrons. The lowest BCUT2D eigenvalue weighted by molar-refractivity contribution is 0.419. The van der Waals surface area contributed by atoms with Gasteiger partial charge in [0, 0.05) is 16.6 Å². The Morgan fingerprint density at radius 3 is 2.89 bits per heavy atom. The third kappa shape index (κ3) is 2.80. The summed E-state index contributed by atoms with van der Waals surface area (Å²) in [6, 6.07) is 6.51. The van der Waals surface area contributed by atoms with Crippen LogP contribution in [0.1, 0.15) is 5.76 Å². The van der Waals surface area contributed by atoms with Gasteiger partial charge in [-0.3, -0.25) is 4.79 Å². The quantitative estimate of drug-likeness (QED) is 0.669. The number of anilines is 1. The van der Waals surface area contributed by atoms with E-state index < -0.39 is 11.2 Å². The topological polar surface area (TPSA) is 76.5 Å². The maximum absolute atomic E-state index is 11.2. The van der Waals surface area contributed by atoms with Crippen molar-refractivity contribution in [2.75, 3.05) is 5.73 Å². The number of nitrogen functional groups attached to an aromatic ring is 1. The van der Waals surface area contributed by atoms with Crippen molar-refractivity contribution in [3.05, 3.63) is 51.5 Å². The van der Waals surface area contributed by atoms with Crippen LogP contribution in [0.25, 0.3) is 0 Å². The van der Waals surface area contributed by atoms with Crippen molar-refractivity contribution in [1.29, 1.82) is 0 Å². The zero-order valence-corrected chi connectivity index (χ0v) is 10.8. The number of thioether (sulfide) groups is 1. The minimum atomic E-state index is -0.469. The summed E-state index contributed by atoms with van der Waals surface area (Å²) >= 11 is 7.39. The first-order valence-corrected chi connectivity index (χ1v) is 6.42. The average Bonchev–Trinajstić information content (AvgIpc) is 2.33. The van der Waals surface area contributed by atoms with Gasteiger partial charge in [0.05, 0.1) is 10.8 Å². The van der Waals surface area contributed by atoms with Gasteiger partial charge >= 0.3 is 0 Å². The number of halogens is 1. The Morgan fingerprint density at radius 1 is 1.44 bits per heavy atom. The first kappa shape index (κ1) is 12.9. The predicted molar refractivity (Wildman–Crippen MR) is 72.1 cm³/mol. The molecule has 18 heavy (non-hydrogen) atoms. The van der Waals surface area contributed by atoms with Gasteiger partial charge in [-0.05, 0) is 12.1 Å². The van der Waals surface area contributed by atoms with Crippen LogP contribution in [-0.2, 0) is 5.75 Å². The largest absolute Gasteiger partial charge is 0.502 e. The molecular formula is C12H10ClNO3S. The van der Waals surface area contributed by atoms with Crippen LogP contribution in [0.15, 0.2) is 44.6 Å². The number of rotatable bonds is 3. The number of nitrogens with two attached hydrogens (primary N) is 1. The Bertz CT molecular complexity index is 607. The lowest BCUT2D eigenvalue weighted by atomic mass is 10.3. The highest BCUT2D eigenvalue weighted by Crippen LogP contribution is 2.34. The summed E-state index contributed by atoms with van der Waals surface area (Å²) < 4.78 is 5.09. The molecule has 2 aromatic rings. The van der Waals surface area contributed by atoms with Crippen molar-refractivity contribution >= 4 is 29.1 Å². The van der Waals surface area contributed by atoms with Gasteiger partial charge in [-0.1, -0.05) is 17.7 Å². The van der Waals surface area contributed by atoms with Gasteiger partial charge in [0.2, 0.25) is 5.43 Å². The predicted octanol–water partition coefficient (Wildman–Crippen LogP) is 2.87. The first-order chi connectivity index (χ1) is 8.58. The third-order valence-corrected chi connectivity index (χ3v) is 3.82. The summed E-state index contributed by atoms with van der Waals surface area (Å²) in [4.78, 5) is 12.0. The second kappa shape index (κ2) is 5.37. The molecule has 0 spiro atoms. The van der Waals surface area contributed by atoms with Gasteiger partial charge in [-0.25, -0.2) is 0 Å². The minimum absolute atomic E-state index is 0.402. The van der Waals surface area contributed by atoms with E-state index in [1.54, 1.807) is 18.2 Å². The zero-order chi connectivity index (χ0) is 13.1. The van der Waals surface area contributed by atoms with Gasteiger partial charge in [0.15, 0.2) is 5.75 Å². The molecule has 0 amide bonds. The molecule has 4 nitrogen and oxygen atoms in total. The van der Waals surface area contributed by atoms with Gasteiger partial charge in [-0.15, -0.1) is 11.8 Å². The highest BCUT2D eigenvalue weighted by Gasteiger charge is 2.07. The minimum Gasteiger partial charge on any atom is -0.502 e. The van der Waals surface area contributed by atoms with E-state index in [0.717, 1.165) is 11.2 Å². The summed E-state index contributed by atoms with van der Waals surface area (Å²) in [7, 11) is 0. The number of hydrogen-bond donors (Lipinski definition) is 2. The van der Waals surface area contributed by atoms with E-state index in [-0.39, 0.29) is 0 Å². The lowest BCUT2D eigenvalue weighted by Gasteiger charge is -2.06. The van der Waals surface area contributed by atoms with Gasteiger partial charge < -0.3 is 15.3 Å². The third-order valence-electron chi connectivity index (χ3n) is 2.22. The fourth-order valence-corrected chi connectivity index (χ4v) is 2.56. The molecule has 0 aliphatic carbocycles. The normalized spacial score (nSPS) is 10.5. The molecule has 0 saturated heterocycles. The van der Waals surface area contributed by atoms with E-state index in [4.69, 9.17) is 26.9 Å². The highest BCUT2D eigenvalue weighted by molar-refractivity contribution is 7.98. The van der Waals surface area contributed by atoms with Gasteiger partial charge in [0.1, 0.15) is 12.0 Å². The van der Waals surface area contributed by atoms with Crippen molar-refractivity contribution in [3.8, 4) is 5.75 Å². The Morgan fingerprint density at radius 2 is 2.22 bits per heavy atom. The standard InChI is InChI=1S/C12H10ClNO3S/c13-8-2-1-3-9(14)12(8)18-6-7-4-10(15)11(16)5-17-7/h1-5,16H,6,14H2. The van der Waals surface area contributed by atoms with E-state index >= 15 is 0 Å². The van der Waals surface area contributed by atoms with Crippen molar-refractivity contribution in [2.24, 2.45) is 0 Å². The summed E-state index contributed by atoms with van der Waals surface area (Å²) in [6.45, 7) is 0. The maximum Gasteiger partial charge on any atom is 0.226 e. The molecule has 0 saturated carbocycles. The van der Waals surface area contributed by atoms with Crippen molar-refractivity contribution in [2.45, 2.75) is 10.6 Å². The smallest absolute Gasteiger partial charge is 0.226 e. The molecule has 1 heterocycles. The Labute approximate surface area is 112 Å². The molecule has 94 valence electrons. The second-order valence-corrected chi connectivity index (χ2v) is 4.94. The summed E-state index contributed by atoms with van der Waals surface area (Å²) in [5.74, 6) is 0.451. The maximum atomic E-state index is 11.2. The molecule has 0 atom stereocenters. The number of hydrogen-bond acceptors (Lipinski definition) is 5. The molecule has 0 fully saturated rings. The van der Waals surface area contributed by atoms with Crippen LogP contribution >= 0.6 is 23.4 Å². The summed E-state index contributed by atoms with van der Waals surface area (Å²) in [5, 5.41) is 9.62. The van der Waals surface area contributed by atoms with Crippen molar-refractivity contribution in [1.82, 2.24) is 0 Å². The molecule has 0 unspecified atom stereocenters. The molecular weight excluding hydrogens is 274 g/mol. The van der Waals surface area contributed by atoms with Crippen LogP contribution in [-0.4, -0.2) is 5.11 Å². The van der Waals surface area contributed by atoms with Crippen LogP contribution in [0.4, 0.5) is 5.69 Å². The molecule has 1 aromatic carbocycles. The second-order valence-electron chi connectivity index (χ2n) is 3.54. The van der Waals surface area contributed by atoms with Crippen LogP contribution in [0, 0.1) is 0 Å². The van der Waals surface area contributed by atoms with Crippen LogP contribution < -0.4 is 11.2 Å². The van der Waals surface area contributed by atoms with E-state index in [1.165, 1.54) is 17.8 Å². The molecule has 0 aliphatic rings. The van der Waals surface area contributed by atoms with Gasteiger partial charge in [-0.2, -0.15) is 0 Å². The van der Waals surface area contributed by atoms with Crippen LogP contribution in [0.2, 0.25) is 5.02 Å². The SMILES string of the molecule is Nc1cccc(Cl)c1SCc1cc(=O)c(O)co1. The van der Waals surface area contributed by atoms with E-state index in [9.17, 15) is 4.79 Å². The van der Waals surface area contributed by atoms with Crippen molar-refractivity contribution < 1.29 is 9.52 Å². The molecule has 1 aromatic heterocycles. The fraction of sp³-hybridized carbons (Fsp3) is 0.0833.